The molecule has 0 spiro atoms. The maximum atomic E-state index is 11.6. The van der Waals surface area contributed by atoms with Gasteiger partial charge in [0.15, 0.2) is 11.5 Å². The lowest BCUT2D eigenvalue weighted by Crippen LogP contribution is -2.37. The Morgan fingerprint density at radius 1 is 1.56 bits per heavy atom. The van der Waals surface area contributed by atoms with Gasteiger partial charge in [0, 0.05) is 0 Å². The summed E-state index contributed by atoms with van der Waals surface area (Å²) in [5, 5.41) is 9.50. The van der Waals surface area contributed by atoms with Crippen molar-refractivity contribution in [3.63, 3.8) is 0 Å². The van der Waals surface area contributed by atoms with Gasteiger partial charge < -0.3 is 19.3 Å². The first-order valence-electron chi connectivity index (χ1n) is 5.90. The number of ether oxygens (including phenoxy) is 3. The predicted octanol–water partition coefficient (Wildman–Crippen LogP) is 1.44. The number of carbonyl (C=O) groups is 1. The van der Waals surface area contributed by atoms with E-state index >= 15 is 0 Å². The summed E-state index contributed by atoms with van der Waals surface area (Å²) in [6.45, 7) is 3.84. The van der Waals surface area contributed by atoms with Gasteiger partial charge in [-0.1, -0.05) is 6.07 Å². The molecule has 5 nitrogen and oxygen atoms in total. The van der Waals surface area contributed by atoms with Crippen LogP contribution in [0.5, 0.6) is 11.5 Å². The molecule has 1 aromatic carbocycles. The van der Waals surface area contributed by atoms with E-state index in [0.717, 1.165) is 0 Å². The Bertz CT molecular complexity index is 441. The highest BCUT2D eigenvalue weighted by molar-refractivity contribution is 5.76. The van der Waals surface area contributed by atoms with Gasteiger partial charge in [0.25, 0.3) is 0 Å². The van der Waals surface area contributed by atoms with E-state index in [1.807, 2.05) is 0 Å². The maximum absolute atomic E-state index is 11.6. The average molecular weight is 252 g/mol. The third-order valence-electron chi connectivity index (χ3n) is 2.66. The topological polar surface area (TPSA) is 65.0 Å². The molecule has 0 saturated heterocycles. The van der Waals surface area contributed by atoms with Gasteiger partial charge in [0.1, 0.15) is 6.61 Å². The summed E-state index contributed by atoms with van der Waals surface area (Å²) in [7, 11) is 0. The van der Waals surface area contributed by atoms with Crippen LogP contribution in [0.2, 0.25) is 0 Å². The van der Waals surface area contributed by atoms with Crippen molar-refractivity contribution in [3.05, 3.63) is 23.8 Å². The molecule has 0 radical (unpaired) electrons. The molecule has 0 saturated carbocycles. The first-order chi connectivity index (χ1) is 8.61. The zero-order valence-corrected chi connectivity index (χ0v) is 10.4. The highest BCUT2D eigenvalue weighted by Crippen LogP contribution is 2.34. The van der Waals surface area contributed by atoms with E-state index in [2.05, 4.69) is 0 Å². The van der Waals surface area contributed by atoms with Crippen LogP contribution in [0, 0.1) is 0 Å². The molecular weight excluding hydrogens is 236 g/mol. The lowest BCUT2D eigenvalue weighted by molar-refractivity contribution is -0.153. The van der Waals surface area contributed by atoms with Crippen molar-refractivity contribution in [1.29, 1.82) is 0 Å². The van der Waals surface area contributed by atoms with Crippen LogP contribution < -0.4 is 9.47 Å². The highest BCUT2D eigenvalue weighted by atomic mass is 16.6. The molecule has 2 rings (SSSR count). The first-order valence-corrected chi connectivity index (χ1v) is 5.90. The van der Waals surface area contributed by atoms with Crippen LogP contribution in [0.3, 0.4) is 0 Å². The fraction of sp³-hybridized carbons (Fsp3) is 0.462. The number of aliphatic hydroxyl groups is 1. The minimum absolute atomic E-state index is 0.139. The Balaban J connectivity index is 2.16. The third kappa shape index (κ3) is 2.56. The van der Waals surface area contributed by atoms with Gasteiger partial charge in [0.2, 0.25) is 6.10 Å². The standard InChI is InChI=1S/C13H16O5/c1-3-16-13(15)12-7-17-10-5-4-9(8(2)14)6-11(10)18-12/h4-6,8,12,14H,3,7H2,1-2H3. The molecule has 0 aromatic heterocycles. The van der Waals surface area contributed by atoms with Gasteiger partial charge in [0.05, 0.1) is 12.7 Å². The van der Waals surface area contributed by atoms with Gasteiger partial charge >= 0.3 is 5.97 Å². The molecule has 0 bridgehead atoms. The number of fused-ring (bicyclic) bond motifs is 1. The first kappa shape index (κ1) is 12.7. The van der Waals surface area contributed by atoms with Crippen molar-refractivity contribution in [3.8, 4) is 11.5 Å². The van der Waals surface area contributed by atoms with Crippen molar-refractivity contribution in [2.75, 3.05) is 13.2 Å². The number of hydrogen-bond donors (Lipinski definition) is 1. The average Bonchev–Trinajstić information content (AvgIpc) is 2.37. The van der Waals surface area contributed by atoms with Crippen molar-refractivity contribution in [2.45, 2.75) is 26.1 Å². The monoisotopic (exact) mass is 252 g/mol. The summed E-state index contributed by atoms with van der Waals surface area (Å²) in [6.07, 6.45) is -1.34. The summed E-state index contributed by atoms with van der Waals surface area (Å²) >= 11 is 0. The van der Waals surface area contributed by atoms with E-state index in [1.54, 1.807) is 32.0 Å². The second kappa shape index (κ2) is 5.27. The minimum atomic E-state index is -0.748. The lowest BCUT2D eigenvalue weighted by atomic mass is 10.1. The van der Waals surface area contributed by atoms with Gasteiger partial charge in [-0.3, -0.25) is 0 Å². The van der Waals surface area contributed by atoms with Crippen LogP contribution in [-0.2, 0) is 9.53 Å². The Labute approximate surface area is 105 Å². The molecule has 1 N–H and O–H groups in total. The molecule has 0 aliphatic carbocycles. The van der Waals surface area contributed by atoms with Crippen LogP contribution in [0.15, 0.2) is 18.2 Å². The minimum Gasteiger partial charge on any atom is -0.485 e. The van der Waals surface area contributed by atoms with Crippen molar-refractivity contribution < 1.29 is 24.1 Å². The molecule has 2 unspecified atom stereocenters. The smallest absolute Gasteiger partial charge is 0.350 e. The van der Waals surface area contributed by atoms with Crippen molar-refractivity contribution in [1.82, 2.24) is 0 Å². The van der Waals surface area contributed by atoms with Crippen LogP contribution in [0.1, 0.15) is 25.5 Å². The predicted molar refractivity (Wildman–Crippen MR) is 63.6 cm³/mol. The SMILES string of the molecule is CCOC(=O)C1COc2ccc(C(C)O)cc2O1. The molecule has 1 heterocycles. The Kier molecular flexibility index (Phi) is 3.72. The molecule has 1 aliphatic rings. The van der Waals surface area contributed by atoms with Crippen LogP contribution in [0.25, 0.3) is 0 Å². The molecule has 18 heavy (non-hydrogen) atoms. The molecular formula is C13H16O5. The number of carbonyl (C=O) groups excluding carboxylic acids is 1. The zero-order chi connectivity index (χ0) is 13.1. The Morgan fingerprint density at radius 3 is 3.00 bits per heavy atom. The quantitative estimate of drug-likeness (QED) is 0.825. The third-order valence-corrected chi connectivity index (χ3v) is 2.66. The number of hydrogen-bond acceptors (Lipinski definition) is 5. The number of aliphatic hydroxyl groups excluding tert-OH is 1. The van der Waals surface area contributed by atoms with Crippen LogP contribution in [-0.4, -0.2) is 30.4 Å². The molecule has 1 aliphatic heterocycles. The van der Waals surface area contributed by atoms with E-state index in [1.165, 1.54) is 0 Å². The second-order valence-electron chi connectivity index (χ2n) is 4.05. The van der Waals surface area contributed by atoms with Crippen molar-refractivity contribution in [2.24, 2.45) is 0 Å². The number of rotatable bonds is 3. The van der Waals surface area contributed by atoms with Crippen LogP contribution >= 0.6 is 0 Å². The van der Waals surface area contributed by atoms with E-state index in [4.69, 9.17) is 14.2 Å². The lowest BCUT2D eigenvalue weighted by Gasteiger charge is -2.25. The van der Waals surface area contributed by atoms with Crippen LogP contribution in [0.4, 0.5) is 0 Å². The summed E-state index contributed by atoms with van der Waals surface area (Å²) < 4.78 is 15.8. The fourth-order valence-corrected chi connectivity index (χ4v) is 1.70. The van der Waals surface area contributed by atoms with Gasteiger partial charge in [-0.05, 0) is 31.5 Å². The summed E-state index contributed by atoms with van der Waals surface area (Å²) in [5.74, 6) is 0.586. The highest BCUT2D eigenvalue weighted by Gasteiger charge is 2.28. The Morgan fingerprint density at radius 2 is 2.33 bits per heavy atom. The largest absolute Gasteiger partial charge is 0.485 e. The number of esters is 1. The van der Waals surface area contributed by atoms with E-state index in [0.29, 0.717) is 23.7 Å². The molecule has 1 aromatic rings. The summed E-state index contributed by atoms with van der Waals surface area (Å²) in [5.41, 5.74) is 0.710. The molecule has 0 fully saturated rings. The van der Waals surface area contributed by atoms with Crippen molar-refractivity contribution >= 4 is 5.97 Å². The van der Waals surface area contributed by atoms with E-state index < -0.39 is 18.2 Å². The molecule has 0 amide bonds. The molecule has 98 valence electrons. The van der Waals surface area contributed by atoms with Gasteiger partial charge in [-0.15, -0.1) is 0 Å². The van der Waals surface area contributed by atoms with Gasteiger partial charge in [-0.25, -0.2) is 4.79 Å². The second-order valence-corrected chi connectivity index (χ2v) is 4.05. The maximum Gasteiger partial charge on any atom is 0.350 e. The van der Waals surface area contributed by atoms with Gasteiger partial charge in [-0.2, -0.15) is 0 Å². The zero-order valence-electron chi connectivity index (χ0n) is 10.4. The van der Waals surface area contributed by atoms with E-state index in [-0.39, 0.29) is 6.61 Å². The normalized spacial score (nSPS) is 19.2. The summed E-state index contributed by atoms with van der Waals surface area (Å²) in [4.78, 5) is 11.6. The molecule has 5 heteroatoms. The van der Waals surface area contributed by atoms with E-state index in [9.17, 15) is 9.90 Å². The number of benzene rings is 1. The summed E-state index contributed by atoms with van der Waals surface area (Å²) in [6, 6.07) is 5.15. The Hall–Kier alpha value is -1.75. The fourth-order valence-electron chi connectivity index (χ4n) is 1.70. The molecule has 2 atom stereocenters.